The van der Waals surface area contributed by atoms with Crippen LogP contribution < -0.4 is 4.74 Å². The Morgan fingerprint density at radius 3 is 2.76 bits per heavy atom. The molecule has 0 spiro atoms. The summed E-state index contributed by atoms with van der Waals surface area (Å²) in [5, 5.41) is 0. The fourth-order valence-corrected chi connectivity index (χ4v) is 4.22. The summed E-state index contributed by atoms with van der Waals surface area (Å²) in [7, 11) is 1.69. The monoisotopic (exact) mass is 342 g/mol. The Morgan fingerprint density at radius 2 is 2.04 bits per heavy atom. The minimum absolute atomic E-state index is 0.204. The molecule has 25 heavy (non-hydrogen) atoms. The average molecular weight is 342 g/mol. The number of hydrogen-bond acceptors (Lipinski definition) is 4. The molecule has 3 heterocycles. The summed E-state index contributed by atoms with van der Waals surface area (Å²) in [5.74, 6) is 2.61. The molecule has 2 fully saturated rings. The van der Waals surface area contributed by atoms with Crippen molar-refractivity contribution in [1.82, 2.24) is 19.8 Å². The van der Waals surface area contributed by atoms with Gasteiger partial charge in [0.15, 0.2) is 0 Å². The van der Waals surface area contributed by atoms with Crippen LogP contribution in [-0.4, -0.2) is 65.0 Å². The van der Waals surface area contributed by atoms with E-state index < -0.39 is 0 Å². The van der Waals surface area contributed by atoms with E-state index >= 15 is 0 Å². The van der Waals surface area contributed by atoms with Gasteiger partial charge in [-0.05, 0) is 37.9 Å². The van der Waals surface area contributed by atoms with E-state index in [0.717, 1.165) is 68.0 Å². The first-order chi connectivity index (χ1) is 12.1. The molecular formula is C19H26N4O2. The Kier molecular flexibility index (Phi) is 4.37. The third-order valence-electron chi connectivity index (χ3n) is 5.74. The van der Waals surface area contributed by atoms with Crippen molar-refractivity contribution < 1.29 is 9.53 Å². The molecule has 1 aromatic heterocycles. The molecule has 0 bridgehead atoms. The maximum atomic E-state index is 11.5. The van der Waals surface area contributed by atoms with Crippen LogP contribution in [0.5, 0.6) is 5.75 Å². The number of carbonyl (C=O) groups excluding carboxylic acids is 1. The standard InChI is InChI=1S/C19H26N4O2/c1-13(24)22-9-6-15(7-10-22)23-8-5-14(12-23)19-20-17-4-3-16(25-2)11-18(17)21-19/h3-4,11,14-15H,5-10,12H2,1-2H3,(H,20,21). The summed E-state index contributed by atoms with van der Waals surface area (Å²) >= 11 is 0. The van der Waals surface area contributed by atoms with Crippen LogP contribution in [0.15, 0.2) is 18.2 Å². The van der Waals surface area contributed by atoms with E-state index in [1.54, 1.807) is 14.0 Å². The van der Waals surface area contributed by atoms with Gasteiger partial charge in [-0.1, -0.05) is 0 Å². The van der Waals surface area contributed by atoms with Gasteiger partial charge in [0.1, 0.15) is 11.6 Å². The Bertz CT molecular complexity index is 764. The fraction of sp³-hybridized carbons (Fsp3) is 0.579. The predicted molar refractivity (Wildman–Crippen MR) is 96.9 cm³/mol. The number of fused-ring (bicyclic) bond motifs is 1. The predicted octanol–water partition coefficient (Wildman–Crippen LogP) is 2.37. The minimum Gasteiger partial charge on any atom is -0.497 e. The molecule has 4 rings (SSSR count). The van der Waals surface area contributed by atoms with Crippen LogP contribution in [0, 0.1) is 0 Å². The number of hydrogen-bond donors (Lipinski definition) is 1. The first-order valence-corrected chi connectivity index (χ1v) is 9.17. The number of ether oxygens (including phenoxy) is 1. The lowest BCUT2D eigenvalue weighted by Gasteiger charge is -2.36. The van der Waals surface area contributed by atoms with Crippen LogP contribution in [0.4, 0.5) is 0 Å². The number of methoxy groups -OCH3 is 1. The average Bonchev–Trinajstić information content (AvgIpc) is 3.27. The lowest BCUT2D eigenvalue weighted by Crippen LogP contribution is -2.45. The fourth-order valence-electron chi connectivity index (χ4n) is 4.22. The maximum absolute atomic E-state index is 11.5. The molecule has 1 amide bonds. The molecule has 2 saturated heterocycles. The zero-order valence-electron chi connectivity index (χ0n) is 15.0. The van der Waals surface area contributed by atoms with Gasteiger partial charge in [0.2, 0.25) is 5.91 Å². The molecule has 6 nitrogen and oxygen atoms in total. The van der Waals surface area contributed by atoms with Crippen LogP contribution in [-0.2, 0) is 4.79 Å². The number of benzene rings is 1. The number of nitrogens with zero attached hydrogens (tertiary/aromatic N) is 3. The van der Waals surface area contributed by atoms with Crippen molar-refractivity contribution in [3.63, 3.8) is 0 Å². The lowest BCUT2D eigenvalue weighted by molar-refractivity contribution is -0.130. The van der Waals surface area contributed by atoms with Crippen molar-refractivity contribution in [2.45, 2.75) is 38.1 Å². The Labute approximate surface area is 148 Å². The van der Waals surface area contributed by atoms with Gasteiger partial charge in [-0.25, -0.2) is 4.98 Å². The highest BCUT2D eigenvalue weighted by Crippen LogP contribution is 2.31. The van der Waals surface area contributed by atoms with Crippen LogP contribution in [0.1, 0.15) is 37.9 Å². The maximum Gasteiger partial charge on any atom is 0.219 e. The molecule has 0 aliphatic carbocycles. The van der Waals surface area contributed by atoms with Gasteiger partial charge in [0, 0.05) is 44.6 Å². The zero-order chi connectivity index (χ0) is 17.4. The summed E-state index contributed by atoms with van der Waals surface area (Å²) in [6, 6.07) is 6.58. The summed E-state index contributed by atoms with van der Waals surface area (Å²) in [4.78, 5) is 24.3. The summed E-state index contributed by atoms with van der Waals surface area (Å²) in [6.45, 7) is 5.64. The zero-order valence-corrected chi connectivity index (χ0v) is 15.0. The van der Waals surface area contributed by atoms with Crippen molar-refractivity contribution in [3.8, 4) is 5.75 Å². The first kappa shape index (κ1) is 16.4. The Balaban J connectivity index is 1.41. The van der Waals surface area contributed by atoms with Crippen molar-refractivity contribution >= 4 is 16.9 Å². The highest BCUT2D eigenvalue weighted by Gasteiger charge is 2.33. The molecule has 1 unspecified atom stereocenters. The molecule has 2 aromatic rings. The molecule has 0 radical (unpaired) electrons. The van der Waals surface area contributed by atoms with E-state index in [-0.39, 0.29) is 5.91 Å². The number of H-pyrrole nitrogens is 1. The van der Waals surface area contributed by atoms with Gasteiger partial charge in [0.05, 0.1) is 18.1 Å². The van der Waals surface area contributed by atoms with Crippen molar-refractivity contribution in [3.05, 3.63) is 24.0 Å². The van der Waals surface area contributed by atoms with E-state index in [9.17, 15) is 4.79 Å². The van der Waals surface area contributed by atoms with E-state index in [4.69, 9.17) is 9.72 Å². The summed E-state index contributed by atoms with van der Waals surface area (Å²) in [5.41, 5.74) is 2.05. The molecule has 2 aliphatic rings. The summed E-state index contributed by atoms with van der Waals surface area (Å²) in [6.07, 6.45) is 3.32. The molecule has 1 aromatic carbocycles. The molecule has 2 aliphatic heterocycles. The second kappa shape index (κ2) is 6.67. The van der Waals surface area contributed by atoms with E-state index in [0.29, 0.717) is 12.0 Å². The smallest absolute Gasteiger partial charge is 0.219 e. The van der Waals surface area contributed by atoms with Gasteiger partial charge in [0.25, 0.3) is 0 Å². The normalized spacial score (nSPS) is 22.6. The number of rotatable bonds is 3. The van der Waals surface area contributed by atoms with Crippen LogP contribution in [0.2, 0.25) is 0 Å². The number of aromatic amines is 1. The SMILES string of the molecule is COc1ccc2nc(C3CCN(C4CCN(C(C)=O)CC4)C3)[nH]c2c1. The van der Waals surface area contributed by atoms with Gasteiger partial charge in [-0.2, -0.15) is 0 Å². The van der Waals surface area contributed by atoms with Crippen molar-refractivity contribution in [2.75, 3.05) is 33.3 Å². The molecule has 134 valence electrons. The molecule has 6 heteroatoms. The highest BCUT2D eigenvalue weighted by molar-refractivity contribution is 5.77. The number of likely N-dealkylation sites (tertiary alicyclic amines) is 2. The second-order valence-corrected chi connectivity index (χ2v) is 7.22. The molecule has 0 saturated carbocycles. The van der Waals surface area contributed by atoms with E-state index in [1.807, 2.05) is 23.1 Å². The third-order valence-corrected chi connectivity index (χ3v) is 5.74. The number of nitrogens with one attached hydrogen (secondary N) is 1. The molecule has 1 atom stereocenters. The number of imidazole rings is 1. The molecular weight excluding hydrogens is 316 g/mol. The molecule has 1 N–H and O–H groups in total. The first-order valence-electron chi connectivity index (χ1n) is 9.17. The van der Waals surface area contributed by atoms with Gasteiger partial charge >= 0.3 is 0 Å². The minimum atomic E-state index is 0.204. The van der Waals surface area contributed by atoms with Crippen LogP contribution >= 0.6 is 0 Å². The van der Waals surface area contributed by atoms with Crippen LogP contribution in [0.3, 0.4) is 0 Å². The van der Waals surface area contributed by atoms with E-state index in [1.165, 1.54) is 0 Å². The summed E-state index contributed by atoms with van der Waals surface area (Å²) < 4.78 is 5.29. The Morgan fingerprint density at radius 1 is 1.24 bits per heavy atom. The third kappa shape index (κ3) is 3.23. The lowest BCUT2D eigenvalue weighted by atomic mass is 10.0. The number of amides is 1. The van der Waals surface area contributed by atoms with Gasteiger partial charge in [-0.3, -0.25) is 9.69 Å². The number of piperidine rings is 1. The Hall–Kier alpha value is -2.08. The van der Waals surface area contributed by atoms with Crippen molar-refractivity contribution in [2.24, 2.45) is 0 Å². The highest BCUT2D eigenvalue weighted by atomic mass is 16.5. The van der Waals surface area contributed by atoms with Gasteiger partial charge < -0.3 is 14.6 Å². The largest absolute Gasteiger partial charge is 0.497 e. The number of aromatic nitrogens is 2. The second-order valence-electron chi connectivity index (χ2n) is 7.22. The van der Waals surface area contributed by atoms with E-state index in [2.05, 4.69) is 9.88 Å². The van der Waals surface area contributed by atoms with Gasteiger partial charge in [-0.15, -0.1) is 0 Å². The topological polar surface area (TPSA) is 61.5 Å². The quantitative estimate of drug-likeness (QED) is 0.930. The van der Waals surface area contributed by atoms with Crippen molar-refractivity contribution in [1.29, 1.82) is 0 Å². The number of carbonyl (C=O) groups is 1. The van der Waals surface area contributed by atoms with Crippen LogP contribution in [0.25, 0.3) is 11.0 Å².